The zero-order chi connectivity index (χ0) is 16.2. The van der Waals surface area contributed by atoms with Gasteiger partial charge in [0.25, 0.3) is 0 Å². The van der Waals surface area contributed by atoms with E-state index >= 15 is 0 Å². The highest BCUT2D eigenvalue weighted by molar-refractivity contribution is 6.30. The molecule has 0 bridgehead atoms. The number of ether oxygens (including phenoxy) is 1. The minimum atomic E-state index is -0.378. The quantitative estimate of drug-likeness (QED) is 0.632. The van der Waals surface area contributed by atoms with Crippen LogP contribution in [-0.2, 0) is 0 Å². The molecule has 0 aliphatic heterocycles. The number of benzene rings is 2. The fourth-order valence-electron chi connectivity index (χ4n) is 2.24. The molecule has 0 amide bonds. The summed E-state index contributed by atoms with van der Waals surface area (Å²) in [6, 6.07) is 14.7. The van der Waals surface area contributed by atoms with Crippen molar-refractivity contribution in [2.75, 3.05) is 6.61 Å². The molecule has 0 aliphatic rings. The summed E-state index contributed by atoms with van der Waals surface area (Å²) in [6.07, 6.45) is 3.59. The fraction of sp³-hybridized carbons (Fsp3) is 0.105. The molecule has 3 rings (SSSR count). The number of halogens is 1. The Morgan fingerprint density at radius 1 is 1.09 bits per heavy atom. The Hall–Kier alpha value is -2.52. The van der Waals surface area contributed by atoms with E-state index in [0.29, 0.717) is 28.5 Å². The standard InChI is InChI=1S/C19H15ClO3/c1-2-22-17-10-7-14-11-15(19(21)23-18(14)12-17)6-3-13-4-8-16(20)9-5-13/h3-12H,2H2,1H3/b6-3+. The molecular formula is C19H15ClO3. The largest absolute Gasteiger partial charge is 0.494 e. The molecule has 2 aromatic carbocycles. The zero-order valence-electron chi connectivity index (χ0n) is 12.6. The Morgan fingerprint density at radius 2 is 1.87 bits per heavy atom. The number of hydrogen-bond acceptors (Lipinski definition) is 3. The molecule has 0 saturated carbocycles. The van der Waals surface area contributed by atoms with Crippen LogP contribution in [0.3, 0.4) is 0 Å². The van der Waals surface area contributed by atoms with Gasteiger partial charge in [-0.05, 0) is 48.9 Å². The predicted octanol–water partition coefficient (Wildman–Crippen LogP) is 5.02. The molecule has 0 atom stereocenters. The molecule has 0 spiro atoms. The summed E-state index contributed by atoms with van der Waals surface area (Å²) < 4.78 is 10.8. The topological polar surface area (TPSA) is 39.4 Å². The van der Waals surface area contributed by atoms with Crippen LogP contribution in [0.5, 0.6) is 5.75 Å². The number of fused-ring (bicyclic) bond motifs is 1. The van der Waals surface area contributed by atoms with Crippen LogP contribution in [0, 0.1) is 0 Å². The first-order valence-electron chi connectivity index (χ1n) is 7.30. The molecule has 4 heteroatoms. The van der Waals surface area contributed by atoms with Crippen LogP contribution in [-0.4, -0.2) is 6.61 Å². The maximum atomic E-state index is 12.1. The van der Waals surface area contributed by atoms with Crippen molar-refractivity contribution in [1.29, 1.82) is 0 Å². The second kappa shape index (κ2) is 6.71. The molecule has 116 valence electrons. The van der Waals surface area contributed by atoms with Gasteiger partial charge in [0, 0.05) is 16.5 Å². The summed E-state index contributed by atoms with van der Waals surface area (Å²) in [4.78, 5) is 12.1. The van der Waals surface area contributed by atoms with Crippen molar-refractivity contribution in [2.45, 2.75) is 6.92 Å². The van der Waals surface area contributed by atoms with Crippen LogP contribution in [0.1, 0.15) is 18.1 Å². The lowest BCUT2D eigenvalue weighted by Gasteiger charge is -2.04. The van der Waals surface area contributed by atoms with Crippen molar-refractivity contribution in [3.8, 4) is 5.75 Å². The molecule has 1 aromatic heterocycles. The van der Waals surface area contributed by atoms with E-state index in [-0.39, 0.29) is 5.63 Å². The van der Waals surface area contributed by atoms with Gasteiger partial charge in [-0.15, -0.1) is 0 Å². The van der Waals surface area contributed by atoms with Gasteiger partial charge in [0.15, 0.2) is 0 Å². The first-order chi connectivity index (χ1) is 11.2. The van der Waals surface area contributed by atoms with Crippen LogP contribution in [0.4, 0.5) is 0 Å². The van der Waals surface area contributed by atoms with E-state index in [2.05, 4.69) is 0 Å². The van der Waals surface area contributed by atoms with Gasteiger partial charge in [-0.3, -0.25) is 0 Å². The summed E-state index contributed by atoms with van der Waals surface area (Å²) in [6.45, 7) is 2.47. The molecule has 0 aliphatic carbocycles. The lowest BCUT2D eigenvalue weighted by Crippen LogP contribution is -2.02. The lowest BCUT2D eigenvalue weighted by atomic mass is 10.1. The van der Waals surface area contributed by atoms with E-state index in [9.17, 15) is 4.79 Å². The molecule has 3 nitrogen and oxygen atoms in total. The van der Waals surface area contributed by atoms with Gasteiger partial charge in [-0.1, -0.05) is 29.8 Å². The normalized spacial score (nSPS) is 11.2. The average molecular weight is 327 g/mol. The highest BCUT2D eigenvalue weighted by Crippen LogP contribution is 2.21. The molecule has 0 fully saturated rings. The van der Waals surface area contributed by atoms with Gasteiger partial charge >= 0.3 is 5.63 Å². The van der Waals surface area contributed by atoms with Crippen LogP contribution >= 0.6 is 11.6 Å². The maximum absolute atomic E-state index is 12.1. The van der Waals surface area contributed by atoms with E-state index in [1.54, 1.807) is 24.3 Å². The van der Waals surface area contributed by atoms with Gasteiger partial charge in [0.05, 0.1) is 12.2 Å². The van der Waals surface area contributed by atoms with Crippen LogP contribution in [0.15, 0.2) is 57.7 Å². The molecule has 3 aromatic rings. The van der Waals surface area contributed by atoms with E-state index in [1.807, 2.05) is 43.3 Å². The SMILES string of the molecule is CCOc1ccc2cc(/C=C/c3ccc(Cl)cc3)c(=O)oc2c1. The van der Waals surface area contributed by atoms with Crippen molar-refractivity contribution in [1.82, 2.24) is 0 Å². The minimum absolute atomic E-state index is 0.378. The van der Waals surface area contributed by atoms with Crippen LogP contribution in [0.2, 0.25) is 5.02 Å². The summed E-state index contributed by atoms with van der Waals surface area (Å²) in [5, 5.41) is 1.53. The van der Waals surface area contributed by atoms with Gasteiger partial charge in [-0.2, -0.15) is 0 Å². The molecule has 0 N–H and O–H groups in total. The van der Waals surface area contributed by atoms with Gasteiger partial charge in [0.1, 0.15) is 11.3 Å². The average Bonchev–Trinajstić information content (AvgIpc) is 2.55. The minimum Gasteiger partial charge on any atom is -0.494 e. The highest BCUT2D eigenvalue weighted by atomic mass is 35.5. The third-order valence-corrected chi connectivity index (χ3v) is 3.62. The van der Waals surface area contributed by atoms with E-state index in [4.69, 9.17) is 20.8 Å². The van der Waals surface area contributed by atoms with Crippen molar-refractivity contribution in [3.63, 3.8) is 0 Å². The van der Waals surface area contributed by atoms with Gasteiger partial charge < -0.3 is 9.15 Å². The van der Waals surface area contributed by atoms with E-state index in [1.165, 1.54) is 0 Å². The highest BCUT2D eigenvalue weighted by Gasteiger charge is 2.04. The molecule has 0 unspecified atom stereocenters. The third kappa shape index (κ3) is 3.63. The predicted molar refractivity (Wildman–Crippen MR) is 94.0 cm³/mol. The summed E-state index contributed by atoms with van der Waals surface area (Å²) in [5.74, 6) is 0.688. The molecular weight excluding hydrogens is 312 g/mol. The van der Waals surface area contributed by atoms with Crippen LogP contribution in [0.25, 0.3) is 23.1 Å². The Balaban J connectivity index is 1.95. The van der Waals surface area contributed by atoms with Crippen LogP contribution < -0.4 is 10.4 Å². The maximum Gasteiger partial charge on any atom is 0.343 e. The van der Waals surface area contributed by atoms with Crippen molar-refractivity contribution in [3.05, 3.63) is 75.1 Å². The second-order valence-electron chi connectivity index (χ2n) is 5.01. The molecule has 0 saturated heterocycles. The third-order valence-electron chi connectivity index (χ3n) is 3.37. The molecule has 23 heavy (non-hydrogen) atoms. The zero-order valence-corrected chi connectivity index (χ0v) is 13.3. The lowest BCUT2D eigenvalue weighted by molar-refractivity contribution is 0.340. The van der Waals surface area contributed by atoms with Gasteiger partial charge in [0.2, 0.25) is 0 Å². The number of rotatable bonds is 4. The smallest absolute Gasteiger partial charge is 0.343 e. The van der Waals surface area contributed by atoms with E-state index in [0.717, 1.165) is 10.9 Å². The Morgan fingerprint density at radius 3 is 2.61 bits per heavy atom. The molecule has 0 radical (unpaired) electrons. The van der Waals surface area contributed by atoms with Crippen molar-refractivity contribution < 1.29 is 9.15 Å². The monoisotopic (exact) mass is 326 g/mol. The summed E-state index contributed by atoms with van der Waals surface area (Å²) in [5.41, 5.74) is 1.60. The second-order valence-corrected chi connectivity index (χ2v) is 5.44. The summed E-state index contributed by atoms with van der Waals surface area (Å²) in [7, 11) is 0. The fourth-order valence-corrected chi connectivity index (χ4v) is 2.37. The number of hydrogen-bond donors (Lipinski definition) is 0. The Bertz CT molecular complexity index is 908. The summed E-state index contributed by atoms with van der Waals surface area (Å²) >= 11 is 5.86. The van der Waals surface area contributed by atoms with Crippen molar-refractivity contribution >= 4 is 34.7 Å². The Kier molecular flexibility index (Phi) is 4.49. The molecule has 1 heterocycles. The van der Waals surface area contributed by atoms with Crippen molar-refractivity contribution in [2.24, 2.45) is 0 Å². The first-order valence-corrected chi connectivity index (χ1v) is 7.68. The van der Waals surface area contributed by atoms with E-state index < -0.39 is 0 Å². The Labute approximate surface area is 138 Å². The first kappa shape index (κ1) is 15.4. The van der Waals surface area contributed by atoms with Gasteiger partial charge in [-0.25, -0.2) is 4.79 Å².